The number of nitrogens with one attached hydrogen (secondary N) is 2. The SMILES string of the molecule is CC(=O)NS(=O)(=O)c1cc(C)c2c(c1)CCN(C)CCC(CSc1ccccc1)N2. The molecule has 2 aromatic carbocycles. The Morgan fingerprint density at radius 2 is 1.97 bits per heavy atom. The highest BCUT2D eigenvalue weighted by Gasteiger charge is 2.22. The lowest BCUT2D eigenvalue weighted by atomic mass is 10.0. The largest absolute Gasteiger partial charge is 0.381 e. The number of anilines is 1. The van der Waals surface area contributed by atoms with Gasteiger partial charge < -0.3 is 10.2 Å². The first-order valence-electron chi connectivity index (χ1n) is 10.0. The molecule has 0 fully saturated rings. The molecular weight excluding hydrogens is 418 g/mol. The number of aryl methyl sites for hydroxylation is 1. The number of hydrogen-bond acceptors (Lipinski definition) is 6. The van der Waals surface area contributed by atoms with E-state index in [9.17, 15) is 13.2 Å². The summed E-state index contributed by atoms with van der Waals surface area (Å²) in [6.07, 6.45) is 1.74. The zero-order valence-corrected chi connectivity index (χ0v) is 19.3. The topological polar surface area (TPSA) is 78.5 Å². The number of fused-ring (bicyclic) bond motifs is 1. The Morgan fingerprint density at radius 1 is 1.23 bits per heavy atom. The van der Waals surface area contributed by atoms with Crippen molar-refractivity contribution in [2.75, 3.05) is 31.2 Å². The average molecular weight is 448 g/mol. The van der Waals surface area contributed by atoms with Crippen LogP contribution in [0, 0.1) is 6.92 Å². The Kier molecular flexibility index (Phi) is 7.44. The fraction of sp³-hybridized carbons (Fsp3) is 0.409. The Labute approximate surface area is 183 Å². The summed E-state index contributed by atoms with van der Waals surface area (Å²) < 4.78 is 27.1. The summed E-state index contributed by atoms with van der Waals surface area (Å²) in [5.74, 6) is 0.329. The van der Waals surface area contributed by atoms with E-state index in [1.807, 2.05) is 36.9 Å². The van der Waals surface area contributed by atoms with Crippen LogP contribution in [0.3, 0.4) is 0 Å². The lowest BCUT2D eigenvalue weighted by Gasteiger charge is -2.23. The fourth-order valence-electron chi connectivity index (χ4n) is 3.55. The molecule has 162 valence electrons. The number of nitrogens with zero attached hydrogens (tertiary/aromatic N) is 1. The molecule has 0 radical (unpaired) electrons. The number of rotatable bonds is 5. The van der Waals surface area contributed by atoms with Crippen LogP contribution in [0.4, 0.5) is 5.69 Å². The molecule has 1 unspecified atom stereocenters. The fourth-order valence-corrected chi connectivity index (χ4v) is 5.66. The summed E-state index contributed by atoms with van der Waals surface area (Å²) in [4.78, 5) is 15.0. The van der Waals surface area contributed by atoms with Crippen LogP contribution in [0.15, 0.2) is 52.3 Å². The molecule has 3 rings (SSSR count). The minimum Gasteiger partial charge on any atom is -0.381 e. The second-order valence-corrected chi connectivity index (χ2v) is 10.5. The van der Waals surface area contributed by atoms with E-state index in [4.69, 9.17) is 0 Å². The molecule has 2 aromatic rings. The van der Waals surface area contributed by atoms with Gasteiger partial charge in [-0.2, -0.15) is 0 Å². The van der Waals surface area contributed by atoms with E-state index in [0.717, 1.165) is 48.5 Å². The van der Waals surface area contributed by atoms with Crippen LogP contribution in [0.5, 0.6) is 0 Å². The zero-order chi connectivity index (χ0) is 21.7. The standard InChI is InChI=1S/C22H29N3O3S2/c1-16-13-21(30(27,28)24-17(2)26)14-18-9-11-25(3)12-10-19(23-22(16)18)15-29-20-7-5-4-6-8-20/h4-8,13-14,19,23H,9-12,15H2,1-3H3,(H,24,26). The normalized spacial score (nSPS) is 17.8. The average Bonchev–Trinajstić information content (AvgIpc) is 2.76. The maximum atomic E-state index is 12.5. The molecule has 0 bridgehead atoms. The number of benzene rings is 2. The molecule has 0 saturated heterocycles. The first-order chi connectivity index (χ1) is 14.2. The summed E-state index contributed by atoms with van der Waals surface area (Å²) in [6, 6.07) is 13.9. The highest BCUT2D eigenvalue weighted by atomic mass is 32.2. The molecule has 8 heteroatoms. The number of likely N-dealkylation sites (N-methyl/N-ethyl adjacent to an activating group) is 1. The third-order valence-electron chi connectivity index (χ3n) is 5.14. The van der Waals surface area contributed by atoms with E-state index in [-0.39, 0.29) is 10.9 Å². The molecule has 2 N–H and O–H groups in total. The van der Waals surface area contributed by atoms with E-state index in [1.165, 1.54) is 11.8 Å². The van der Waals surface area contributed by atoms with Crippen LogP contribution < -0.4 is 10.0 Å². The van der Waals surface area contributed by atoms with Gasteiger partial charge in [0.05, 0.1) is 4.90 Å². The number of amides is 1. The molecule has 0 spiro atoms. The van der Waals surface area contributed by atoms with Crippen LogP contribution in [0.1, 0.15) is 24.5 Å². The van der Waals surface area contributed by atoms with Gasteiger partial charge in [-0.1, -0.05) is 18.2 Å². The molecule has 30 heavy (non-hydrogen) atoms. The number of carbonyl (C=O) groups is 1. The lowest BCUT2D eigenvalue weighted by molar-refractivity contribution is -0.117. The van der Waals surface area contributed by atoms with Gasteiger partial charge in [0.25, 0.3) is 10.0 Å². The van der Waals surface area contributed by atoms with Crippen LogP contribution in [0.25, 0.3) is 0 Å². The molecule has 1 heterocycles. The molecule has 0 aliphatic carbocycles. The molecule has 0 saturated carbocycles. The predicted octanol–water partition coefficient (Wildman–Crippen LogP) is 3.27. The van der Waals surface area contributed by atoms with Crippen LogP contribution in [-0.4, -0.2) is 51.2 Å². The van der Waals surface area contributed by atoms with Crippen LogP contribution in [0.2, 0.25) is 0 Å². The Balaban J connectivity index is 1.88. The summed E-state index contributed by atoms with van der Waals surface area (Å²) in [5, 5.41) is 3.69. The molecule has 1 aliphatic heterocycles. The van der Waals surface area contributed by atoms with E-state index in [0.29, 0.717) is 0 Å². The molecular formula is C22H29N3O3S2. The van der Waals surface area contributed by atoms with Gasteiger partial charge in [-0.25, -0.2) is 13.1 Å². The van der Waals surface area contributed by atoms with Crippen molar-refractivity contribution < 1.29 is 13.2 Å². The van der Waals surface area contributed by atoms with E-state index in [2.05, 4.69) is 34.1 Å². The predicted molar refractivity (Wildman–Crippen MR) is 123 cm³/mol. The summed E-state index contributed by atoms with van der Waals surface area (Å²) in [7, 11) is -1.77. The van der Waals surface area contributed by atoms with Gasteiger partial charge in [0.2, 0.25) is 5.91 Å². The van der Waals surface area contributed by atoms with Gasteiger partial charge >= 0.3 is 0 Å². The van der Waals surface area contributed by atoms with Gasteiger partial charge in [0.1, 0.15) is 0 Å². The highest BCUT2D eigenvalue weighted by Crippen LogP contribution is 2.29. The van der Waals surface area contributed by atoms with Gasteiger partial charge in [-0.15, -0.1) is 11.8 Å². The minimum absolute atomic E-state index is 0.132. The second kappa shape index (κ2) is 9.85. The zero-order valence-electron chi connectivity index (χ0n) is 17.6. The first kappa shape index (κ1) is 22.7. The molecule has 0 aromatic heterocycles. The lowest BCUT2D eigenvalue weighted by Crippen LogP contribution is -2.29. The number of thioether (sulfide) groups is 1. The van der Waals surface area contributed by atoms with Crippen molar-refractivity contribution in [1.82, 2.24) is 9.62 Å². The van der Waals surface area contributed by atoms with Gasteiger partial charge in [0.15, 0.2) is 0 Å². The first-order valence-corrected chi connectivity index (χ1v) is 12.5. The van der Waals surface area contributed by atoms with Gasteiger partial charge in [-0.3, -0.25) is 4.79 Å². The third-order valence-corrected chi connectivity index (χ3v) is 7.73. The highest BCUT2D eigenvalue weighted by molar-refractivity contribution is 7.99. The minimum atomic E-state index is -3.86. The van der Waals surface area contributed by atoms with Crippen molar-refractivity contribution in [2.24, 2.45) is 0 Å². The van der Waals surface area contributed by atoms with Crippen molar-refractivity contribution >= 4 is 33.4 Å². The van der Waals surface area contributed by atoms with Gasteiger partial charge in [-0.05, 0) is 68.8 Å². The molecule has 1 atom stereocenters. The van der Waals surface area contributed by atoms with Crippen LogP contribution >= 0.6 is 11.8 Å². The monoisotopic (exact) mass is 447 g/mol. The summed E-state index contributed by atoms with van der Waals surface area (Å²) >= 11 is 1.82. The quantitative estimate of drug-likeness (QED) is 0.685. The molecule has 6 nitrogen and oxygen atoms in total. The van der Waals surface area contributed by atoms with Crippen molar-refractivity contribution in [3.63, 3.8) is 0 Å². The Bertz CT molecular complexity index is 994. The number of carbonyl (C=O) groups excluding carboxylic acids is 1. The summed E-state index contributed by atoms with van der Waals surface area (Å²) in [5.41, 5.74) is 2.84. The van der Waals surface area contributed by atoms with E-state index >= 15 is 0 Å². The number of hydrogen-bond donors (Lipinski definition) is 2. The Hall–Kier alpha value is -2.03. The van der Waals surface area contributed by atoms with Gasteiger partial charge in [0, 0.05) is 35.8 Å². The second-order valence-electron chi connectivity index (χ2n) is 7.74. The summed E-state index contributed by atoms with van der Waals surface area (Å²) in [6.45, 7) is 4.93. The Morgan fingerprint density at radius 3 is 2.67 bits per heavy atom. The number of sulfonamides is 1. The van der Waals surface area contributed by atoms with Crippen molar-refractivity contribution in [3.05, 3.63) is 53.6 Å². The van der Waals surface area contributed by atoms with E-state index < -0.39 is 15.9 Å². The van der Waals surface area contributed by atoms with Crippen molar-refractivity contribution in [1.29, 1.82) is 0 Å². The maximum absolute atomic E-state index is 12.5. The van der Waals surface area contributed by atoms with Crippen LogP contribution in [-0.2, 0) is 21.2 Å². The smallest absolute Gasteiger partial charge is 0.264 e. The molecule has 1 amide bonds. The van der Waals surface area contributed by atoms with E-state index in [1.54, 1.807) is 12.1 Å². The maximum Gasteiger partial charge on any atom is 0.264 e. The van der Waals surface area contributed by atoms with Crippen molar-refractivity contribution in [3.8, 4) is 0 Å². The van der Waals surface area contributed by atoms with Crippen molar-refractivity contribution in [2.45, 2.75) is 42.5 Å². The third kappa shape index (κ3) is 6.00. The molecule has 1 aliphatic rings.